The largest absolute Gasteiger partial charge is 0.455 e. The van der Waals surface area contributed by atoms with E-state index in [0.29, 0.717) is 17.1 Å². The fraction of sp³-hybridized carbons (Fsp3) is 0. The Balaban J connectivity index is 2.08. The molecule has 0 bridgehead atoms. The summed E-state index contributed by atoms with van der Waals surface area (Å²) in [5.74, 6) is 1.26. The number of halogens is 1. The average molecular weight is 324 g/mol. The summed E-state index contributed by atoms with van der Waals surface area (Å²) in [7, 11) is 0. The smallest absolute Gasteiger partial charge is 0.145 e. The van der Waals surface area contributed by atoms with E-state index in [1.165, 1.54) is 0 Å². The van der Waals surface area contributed by atoms with Gasteiger partial charge in [0, 0.05) is 0 Å². The number of para-hydroxylation sites is 1. The third-order valence-electron chi connectivity index (χ3n) is 3.06. The quantitative estimate of drug-likeness (QED) is 0.643. The van der Waals surface area contributed by atoms with E-state index in [1.807, 2.05) is 48.5 Å². The van der Waals surface area contributed by atoms with Crippen LogP contribution in [-0.2, 0) is 0 Å². The van der Waals surface area contributed by atoms with Crippen molar-refractivity contribution in [3.63, 3.8) is 0 Å². The number of fused-ring (bicyclic) bond motifs is 1. The van der Waals surface area contributed by atoms with Crippen LogP contribution < -0.4 is 4.74 Å². The van der Waals surface area contributed by atoms with E-state index >= 15 is 0 Å². The van der Waals surface area contributed by atoms with Gasteiger partial charge in [0.2, 0.25) is 0 Å². The first-order chi connectivity index (χ1) is 9.79. The number of hydrogen-bond donors (Lipinski definition) is 0. The fourth-order valence-electron chi connectivity index (χ4n) is 2.06. The maximum Gasteiger partial charge on any atom is 0.145 e. The zero-order chi connectivity index (χ0) is 13.9. The lowest BCUT2D eigenvalue weighted by Crippen LogP contribution is -1.89. The molecule has 3 heteroatoms. The van der Waals surface area contributed by atoms with E-state index in [4.69, 9.17) is 10.00 Å². The van der Waals surface area contributed by atoms with Gasteiger partial charge in [0.05, 0.1) is 10.0 Å². The molecular weight excluding hydrogens is 314 g/mol. The van der Waals surface area contributed by atoms with Gasteiger partial charge in [-0.05, 0) is 44.9 Å². The van der Waals surface area contributed by atoms with Gasteiger partial charge in [0.25, 0.3) is 0 Å². The maximum absolute atomic E-state index is 9.10. The van der Waals surface area contributed by atoms with Crippen molar-refractivity contribution >= 4 is 26.7 Å². The van der Waals surface area contributed by atoms with Crippen LogP contribution in [0, 0.1) is 11.3 Å². The van der Waals surface area contributed by atoms with Crippen LogP contribution in [0.4, 0.5) is 0 Å². The molecule has 0 amide bonds. The molecule has 3 aromatic rings. The Labute approximate surface area is 125 Å². The molecule has 0 N–H and O–H groups in total. The predicted molar refractivity (Wildman–Crippen MR) is 82.9 cm³/mol. The van der Waals surface area contributed by atoms with Crippen LogP contribution in [0.1, 0.15) is 5.56 Å². The van der Waals surface area contributed by atoms with Gasteiger partial charge in [-0.25, -0.2) is 0 Å². The van der Waals surface area contributed by atoms with Crippen molar-refractivity contribution in [3.05, 3.63) is 70.7 Å². The van der Waals surface area contributed by atoms with Gasteiger partial charge < -0.3 is 4.74 Å². The molecule has 3 aromatic carbocycles. The minimum Gasteiger partial charge on any atom is -0.455 e. The number of nitrogens with zero attached hydrogens (tertiary/aromatic N) is 1. The third-order valence-corrected chi connectivity index (χ3v) is 3.87. The molecule has 0 spiro atoms. The second-order valence-electron chi connectivity index (χ2n) is 4.31. The monoisotopic (exact) mass is 323 g/mol. The molecule has 0 unspecified atom stereocenters. The molecule has 0 atom stereocenters. The summed E-state index contributed by atoms with van der Waals surface area (Å²) in [4.78, 5) is 0. The molecule has 20 heavy (non-hydrogen) atoms. The maximum atomic E-state index is 9.10. The molecule has 0 aliphatic carbocycles. The minimum absolute atomic E-state index is 0.521. The van der Waals surface area contributed by atoms with E-state index in [-0.39, 0.29) is 0 Å². The summed E-state index contributed by atoms with van der Waals surface area (Å²) in [5, 5.41) is 11.3. The van der Waals surface area contributed by atoms with Gasteiger partial charge in [-0.2, -0.15) is 5.26 Å². The number of benzene rings is 3. The molecule has 0 radical (unpaired) electrons. The van der Waals surface area contributed by atoms with Crippen LogP contribution in [0.15, 0.2) is 65.1 Å². The molecule has 0 saturated heterocycles. The van der Waals surface area contributed by atoms with Crippen molar-refractivity contribution in [2.24, 2.45) is 0 Å². The highest BCUT2D eigenvalue weighted by Gasteiger charge is 2.09. The lowest BCUT2D eigenvalue weighted by molar-refractivity contribution is 0.479. The molecule has 0 heterocycles. The van der Waals surface area contributed by atoms with Gasteiger partial charge in [-0.15, -0.1) is 0 Å². The van der Waals surface area contributed by atoms with E-state index in [0.717, 1.165) is 15.2 Å². The second-order valence-corrected chi connectivity index (χ2v) is 5.10. The van der Waals surface area contributed by atoms with Crippen molar-refractivity contribution in [3.8, 4) is 17.6 Å². The zero-order valence-corrected chi connectivity index (χ0v) is 12.1. The van der Waals surface area contributed by atoms with E-state index in [2.05, 4.69) is 22.0 Å². The summed E-state index contributed by atoms with van der Waals surface area (Å²) in [6.45, 7) is 0. The van der Waals surface area contributed by atoms with Crippen LogP contribution in [0.2, 0.25) is 0 Å². The Morgan fingerprint density at radius 3 is 2.45 bits per heavy atom. The van der Waals surface area contributed by atoms with Gasteiger partial charge >= 0.3 is 0 Å². The summed E-state index contributed by atoms with van der Waals surface area (Å²) in [5.41, 5.74) is 0.521. The number of ether oxygens (including phenoxy) is 1. The molecule has 2 nitrogen and oxygen atoms in total. The topological polar surface area (TPSA) is 33.0 Å². The summed E-state index contributed by atoms with van der Waals surface area (Å²) in [6.07, 6.45) is 0. The van der Waals surface area contributed by atoms with Crippen LogP contribution in [0.5, 0.6) is 11.5 Å². The Morgan fingerprint density at radius 2 is 1.60 bits per heavy atom. The lowest BCUT2D eigenvalue weighted by atomic mass is 10.1. The molecule has 0 aliphatic heterocycles. The van der Waals surface area contributed by atoms with Gasteiger partial charge in [0.15, 0.2) is 0 Å². The summed E-state index contributed by atoms with van der Waals surface area (Å²) >= 11 is 3.58. The van der Waals surface area contributed by atoms with Crippen molar-refractivity contribution < 1.29 is 4.74 Å². The third kappa shape index (κ3) is 2.26. The minimum atomic E-state index is 0.521. The average Bonchev–Trinajstić information content (AvgIpc) is 2.51. The summed E-state index contributed by atoms with van der Waals surface area (Å²) in [6, 6.07) is 21.3. The molecule has 3 rings (SSSR count). The molecule has 0 fully saturated rings. The van der Waals surface area contributed by atoms with Crippen LogP contribution >= 0.6 is 15.9 Å². The van der Waals surface area contributed by atoms with Gasteiger partial charge in [-0.1, -0.05) is 42.5 Å². The van der Waals surface area contributed by atoms with Crippen LogP contribution in [0.3, 0.4) is 0 Å². The van der Waals surface area contributed by atoms with E-state index in [9.17, 15) is 0 Å². The number of rotatable bonds is 2. The first-order valence-electron chi connectivity index (χ1n) is 6.14. The number of nitriles is 1. The Hall–Kier alpha value is -2.31. The standard InChI is InChI=1S/C17H10BrNO/c18-17-14-7-3-1-5-12(14)9-10-16(17)20-15-8-4-2-6-13(15)11-19/h1-10H. The van der Waals surface area contributed by atoms with Crippen LogP contribution in [0.25, 0.3) is 10.8 Å². The molecule has 0 aromatic heterocycles. The SMILES string of the molecule is N#Cc1ccccc1Oc1ccc2ccccc2c1Br. The Bertz CT molecular complexity index is 821. The Kier molecular flexibility index (Phi) is 3.41. The normalized spacial score (nSPS) is 10.2. The second kappa shape index (κ2) is 5.36. The first-order valence-corrected chi connectivity index (χ1v) is 6.93. The lowest BCUT2D eigenvalue weighted by Gasteiger charge is -2.11. The van der Waals surface area contributed by atoms with Crippen molar-refractivity contribution in [1.29, 1.82) is 5.26 Å². The molecular formula is C17H10BrNO. The van der Waals surface area contributed by atoms with Crippen molar-refractivity contribution in [2.45, 2.75) is 0 Å². The fourth-order valence-corrected chi connectivity index (χ4v) is 2.63. The zero-order valence-electron chi connectivity index (χ0n) is 10.5. The van der Waals surface area contributed by atoms with Crippen LogP contribution in [-0.4, -0.2) is 0 Å². The van der Waals surface area contributed by atoms with Gasteiger partial charge in [0.1, 0.15) is 17.6 Å². The summed E-state index contributed by atoms with van der Waals surface area (Å²) < 4.78 is 6.76. The molecule has 0 aliphatic rings. The Morgan fingerprint density at radius 1 is 0.850 bits per heavy atom. The number of hydrogen-bond acceptors (Lipinski definition) is 2. The highest BCUT2D eigenvalue weighted by Crippen LogP contribution is 2.36. The molecule has 0 saturated carbocycles. The highest BCUT2D eigenvalue weighted by atomic mass is 79.9. The van der Waals surface area contributed by atoms with Crippen molar-refractivity contribution in [1.82, 2.24) is 0 Å². The van der Waals surface area contributed by atoms with Crippen molar-refractivity contribution in [2.75, 3.05) is 0 Å². The predicted octanol–water partition coefficient (Wildman–Crippen LogP) is 5.27. The first kappa shape index (κ1) is 12.7. The van der Waals surface area contributed by atoms with E-state index < -0.39 is 0 Å². The van der Waals surface area contributed by atoms with Gasteiger partial charge in [-0.3, -0.25) is 0 Å². The van der Waals surface area contributed by atoms with E-state index in [1.54, 1.807) is 12.1 Å². The highest BCUT2D eigenvalue weighted by molar-refractivity contribution is 9.10. The molecule has 96 valence electrons.